The molecule has 3 heterocycles. The molecule has 0 aromatic carbocycles. The molecule has 0 atom stereocenters. The molecule has 6 heteroatoms. The fraction of sp³-hybridized carbons (Fsp3) is 0.524. The Bertz CT molecular complexity index is 694. The highest BCUT2D eigenvalue weighted by molar-refractivity contribution is 6.28. The highest BCUT2D eigenvalue weighted by Crippen LogP contribution is 2.26. The maximum atomic E-state index is 6.17. The molecule has 0 aliphatic carbocycles. The summed E-state index contributed by atoms with van der Waals surface area (Å²) in [6.45, 7) is 14.9. The summed E-state index contributed by atoms with van der Waals surface area (Å²) in [4.78, 5) is 13.9. The van der Waals surface area contributed by atoms with E-state index in [4.69, 9.17) is 11.6 Å². The van der Waals surface area contributed by atoms with Crippen molar-refractivity contribution in [1.29, 1.82) is 0 Å². The van der Waals surface area contributed by atoms with Crippen LogP contribution in [0, 0.1) is 0 Å². The SMILES string of the molecule is C=C/C=C(\C=C)CN1CCc2nc(Cl)nc(NCCCN3CCCC3)c2C1. The van der Waals surface area contributed by atoms with Crippen molar-refractivity contribution in [3.05, 3.63) is 53.5 Å². The molecule has 1 aromatic rings. The number of rotatable bonds is 9. The maximum Gasteiger partial charge on any atom is 0.224 e. The summed E-state index contributed by atoms with van der Waals surface area (Å²) in [5, 5.41) is 3.85. The third-order valence-electron chi connectivity index (χ3n) is 5.25. The fourth-order valence-electron chi connectivity index (χ4n) is 3.83. The van der Waals surface area contributed by atoms with Gasteiger partial charge in [0.1, 0.15) is 5.82 Å². The lowest BCUT2D eigenvalue weighted by Gasteiger charge is -2.29. The minimum absolute atomic E-state index is 0.336. The molecule has 0 bridgehead atoms. The van der Waals surface area contributed by atoms with Gasteiger partial charge < -0.3 is 10.2 Å². The van der Waals surface area contributed by atoms with Gasteiger partial charge in [-0.1, -0.05) is 31.4 Å². The topological polar surface area (TPSA) is 44.3 Å². The van der Waals surface area contributed by atoms with Gasteiger partial charge in [-0.2, -0.15) is 0 Å². The van der Waals surface area contributed by atoms with Crippen LogP contribution in [0.5, 0.6) is 0 Å². The molecular weight excluding hydrogens is 358 g/mol. The van der Waals surface area contributed by atoms with Gasteiger partial charge in [0.05, 0.1) is 5.69 Å². The van der Waals surface area contributed by atoms with Crippen LogP contribution in [-0.4, -0.2) is 59.0 Å². The minimum Gasteiger partial charge on any atom is -0.370 e. The van der Waals surface area contributed by atoms with Gasteiger partial charge >= 0.3 is 0 Å². The molecule has 1 fully saturated rings. The lowest BCUT2D eigenvalue weighted by Crippen LogP contribution is -2.33. The van der Waals surface area contributed by atoms with E-state index in [0.717, 1.165) is 57.1 Å². The van der Waals surface area contributed by atoms with Crippen LogP contribution in [0.25, 0.3) is 0 Å². The number of nitrogens with zero attached hydrogens (tertiary/aromatic N) is 4. The third kappa shape index (κ3) is 5.64. The number of anilines is 1. The summed E-state index contributed by atoms with van der Waals surface area (Å²) >= 11 is 6.17. The Morgan fingerprint density at radius 3 is 2.70 bits per heavy atom. The highest BCUT2D eigenvalue weighted by Gasteiger charge is 2.22. The van der Waals surface area contributed by atoms with Gasteiger partial charge in [0.25, 0.3) is 0 Å². The molecule has 0 amide bonds. The Kier molecular flexibility index (Phi) is 7.44. The van der Waals surface area contributed by atoms with E-state index in [9.17, 15) is 0 Å². The van der Waals surface area contributed by atoms with Crippen molar-refractivity contribution in [2.75, 3.05) is 44.6 Å². The number of aromatic nitrogens is 2. The lowest BCUT2D eigenvalue weighted by atomic mass is 10.0. The molecule has 2 aliphatic heterocycles. The smallest absolute Gasteiger partial charge is 0.224 e. The first-order valence-corrected chi connectivity index (χ1v) is 10.3. The molecule has 146 valence electrons. The molecule has 1 N–H and O–H groups in total. The molecular formula is C21H30ClN5. The number of halogens is 1. The summed E-state index contributed by atoms with van der Waals surface area (Å²) in [7, 11) is 0. The van der Waals surface area contributed by atoms with E-state index in [2.05, 4.69) is 38.2 Å². The van der Waals surface area contributed by atoms with Crippen molar-refractivity contribution in [2.24, 2.45) is 0 Å². The van der Waals surface area contributed by atoms with Crippen LogP contribution in [-0.2, 0) is 13.0 Å². The molecule has 0 radical (unpaired) electrons. The standard InChI is InChI=1S/C21H30ClN5/c1-3-8-17(4-2)15-27-14-9-19-18(16-27)20(25-21(22)24-19)23-10-7-13-26-11-5-6-12-26/h3-4,8H,1-2,5-7,9-16H2,(H,23,24,25)/b17-8+. The average molecular weight is 388 g/mol. The lowest BCUT2D eigenvalue weighted by molar-refractivity contribution is 0.275. The zero-order chi connectivity index (χ0) is 19.1. The van der Waals surface area contributed by atoms with Crippen LogP contribution in [0.15, 0.2) is 37.0 Å². The van der Waals surface area contributed by atoms with E-state index in [-0.39, 0.29) is 0 Å². The second kappa shape index (κ2) is 10.0. The van der Waals surface area contributed by atoms with Crippen molar-refractivity contribution >= 4 is 17.4 Å². The Labute approximate surface area is 167 Å². The maximum absolute atomic E-state index is 6.17. The van der Waals surface area contributed by atoms with Crippen LogP contribution in [0.2, 0.25) is 5.28 Å². The third-order valence-corrected chi connectivity index (χ3v) is 5.42. The molecule has 0 unspecified atom stereocenters. The first kappa shape index (κ1) is 20.1. The van der Waals surface area contributed by atoms with Crippen molar-refractivity contribution in [3.8, 4) is 0 Å². The zero-order valence-corrected chi connectivity index (χ0v) is 16.8. The normalized spacial score (nSPS) is 18.3. The Hall–Kier alpha value is -1.69. The average Bonchev–Trinajstić information content (AvgIpc) is 3.18. The van der Waals surface area contributed by atoms with Crippen LogP contribution < -0.4 is 5.32 Å². The molecule has 1 aromatic heterocycles. The first-order chi connectivity index (χ1) is 13.2. The Balaban J connectivity index is 1.62. The van der Waals surface area contributed by atoms with Gasteiger partial charge in [-0.25, -0.2) is 9.97 Å². The van der Waals surface area contributed by atoms with Crippen LogP contribution in [0.4, 0.5) is 5.82 Å². The molecule has 27 heavy (non-hydrogen) atoms. The number of allylic oxidation sites excluding steroid dienone is 2. The summed E-state index contributed by atoms with van der Waals surface area (Å²) in [5.74, 6) is 0.893. The molecule has 0 saturated carbocycles. The molecule has 2 aliphatic rings. The fourth-order valence-corrected chi connectivity index (χ4v) is 4.02. The van der Waals surface area contributed by atoms with Gasteiger partial charge in [0.15, 0.2) is 0 Å². The zero-order valence-electron chi connectivity index (χ0n) is 16.1. The van der Waals surface area contributed by atoms with Crippen molar-refractivity contribution in [3.63, 3.8) is 0 Å². The molecule has 1 saturated heterocycles. The summed E-state index contributed by atoms with van der Waals surface area (Å²) in [6.07, 6.45) is 10.4. The van der Waals surface area contributed by atoms with Gasteiger partial charge in [0, 0.05) is 38.2 Å². The van der Waals surface area contributed by atoms with Crippen molar-refractivity contribution in [2.45, 2.75) is 32.2 Å². The quantitative estimate of drug-likeness (QED) is 0.397. The molecule has 5 nitrogen and oxygen atoms in total. The van der Waals surface area contributed by atoms with Crippen molar-refractivity contribution in [1.82, 2.24) is 19.8 Å². The minimum atomic E-state index is 0.336. The summed E-state index contributed by atoms with van der Waals surface area (Å²) in [6, 6.07) is 0. The molecule has 3 rings (SSSR count). The Morgan fingerprint density at radius 2 is 1.96 bits per heavy atom. The number of fused-ring (bicyclic) bond motifs is 1. The van der Waals surface area contributed by atoms with Crippen molar-refractivity contribution < 1.29 is 0 Å². The first-order valence-electron chi connectivity index (χ1n) is 9.87. The van der Waals surface area contributed by atoms with E-state index in [1.807, 2.05) is 18.2 Å². The number of nitrogens with one attached hydrogen (secondary N) is 1. The van der Waals surface area contributed by atoms with E-state index < -0.39 is 0 Å². The second-order valence-corrected chi connectivity index (χ2v) is 7.58. The summed E-state index contributed by atoms with van der Waals surface area (Å²) < 4.78 is 0. The summed E-state index contributed by atoms with van der Waals surface area (Å²) in [5.41, 5.74) is 3.42. The van der Waals surface area contributed by atoms with E-state index in [0.29, 0.717) is 5.28 Å². The second-order valence-electron chi connectivity index (χ2n) is 7.24. The van der Waals surface area contributed by atoms with Crippen LogP contribution in [0.3, 0.4) is 0 Å². The molecule has 0 spiro atoms. The number of hydrogen-bond acceptors (Lipinski definition) is 5. The van der Waals surface area contributed by atoms with E-state index >= 15 is 0 Å². The predicted molar refractivity (Wildman–Crippen MR) is 113 cm³/mol. The van der Waals surface area contributed by atoms with E-state index in [1.165, 1.54) is 37.1 Å². The predicted octanol–water partition coefficient (Wildman–Crippen LogP) is 3.68. The monoisotopic (exact) mass is 387 g/mol. The van der Waals surface area contributed by atoms with Crippen LogP contribution >= 0.6 is 11.6 Å². The van der Waals surface area contributed by atoms with Crippen LogP contribution in [0.1, 0.15) is 30.5 Å². The number of likely N-dealkylation sites (tertiary alicyclic amines) is 1. The largest absolute Gasteiger partial charge is 0.370 e. The highest BCUT2D eigenvalue weighted by atomic mass is 35.5. The van der Waals surface area contributed by atoms with Gasteiger partial charge in [-0.05, 0) is 56.1 Å². The van der Waals surface area contributed by atoms with Gasteiger partial charge in [0.2, 0.25) is 5.28 Å². The van der Waals surface area contributed by atoms with Gasteiger partial charge in [-0.15, -0.1) is 0 Å². The van der Waals surface area contributed by atoms with Gasteiger partial charge in [-0.3, -0.25) is 4.90 Å². The number of hydrogen-bond donors (Lipinski definition) is 1. The van der Waals surface area contributed by atoms with E-state index in [1.54, 1.807) is 0 Å². The Morgan fingerprint density at radius 1 is 1.15 bits per heavy atom.